The van der Waals surface area contributed by atoms with Crippen molar-refractivity contribution in [2.75, 3.05) is 31.1 Å². The van der Waals surface area contributed by atoms with Crippen molar-refractivity contribution in [2.24, 2.45) is 11.8 Å². The number of anilines is 1. The highest BCUT2D eigenvalue weighted by Crippen LogP contribution is 2.41. The second-order valence-electron chi connectivity index (χ2n) is 12.6. The van der Waals surface area contributed by atoms with Crippen LogP contribution in [-0.2, 0) is 0 Å². The van der Waals surface area contributed by atoms with Crippen molar-refractivity contribution in [1.82, 2.24) is 25.2 Å². The third kappa shape index (κ3) is 4.43. The van der Waals surface area contributed by atoms with Crippen LogP contribution in [0.2, 0.25) is 0 Å². The normalized spacial score (nSPS) is 20.7. The number of pyridine rings is 1. The van der Waals surface area contributed by atoms with Crippen LogP contribution in [0.1, 0.15) is 59.7 Å². The Labute approximate surface area is 244 Å². The second kappa shape index (κ2) is 9.66. The molecule has 2 aromatic heterocycles. The number of H-pyrrole nitrogens is 1. The summed E-state index contributed by atoms with van der Waals surface area (Å²) >= 11 is 0. The number of hydrogen-bond acceptors (Lipinski definition) is 7. The summed E-state index contributed by atoms with van der Waals surface area (Å²) < 4.78 is 6.20. The number of aromatic nitrogens is 3. The molecule has 1 saturated carbocycles. The van der Waals surface area contributed by atoms with Crippen LogP contribution in [0.25, 0.3) is 22.2 Å². The maximum absolute atomic E-state index is 12.9. The maximum atomic E-state index is 12.9. The molecule has 2 aromatic carbocycles. The van der Waals surface area contributed by atoms with Gasteiger partial charge in [-0.2, -0.15) is 5.10 Å². The monoisotopic (exact) mass is 562 g/mol. The smallest absolute Gasteiger partial charge is 0.276 e. The van der Waals surface area contributed by atoms with Crippen molar-refractivity contribution in [3.8, 4) is 17.0 Å². The quantitative estimate of drug-likeness (QED) is 0.305. The standard InChI is InChI=1S/C33H34N6O3/c1-33(11-12-33)42-24-6-7-28-27(18-24)30(36-35-28)23-8-13-34-29(17-23)37-19-22(20-37)16-21-9-14-38(15-10-21)39-31(40)25-4-2-3-5-26(25)32(39)41/h2-8,13,17-18,21-22H,9-12,14-16,19-20H2,1H3,(H,35,36). The van der Waals surface area contributed by atoms with Crippen molar-refractivity contribution >= 4 is 28.5 Å². The number of imide groups is 1. The lowest BCUT2D eigenvalue weighted by molar-refractivity contribution is -0.0160. The molecule has 2 saturated heterocycles. The highest BCUT2D eigenvalue weighted by Gasteiger charge is 2.41. The third-order valence-electron chi connectivity index (χ3n) is 9.47. The molecule has 0 radical (unpaired) electrons. The Morgan fingerprint density at radius 3 is 2.40 bits per heavy atom. The highest BCUT2D eigenvalue weighted by molar-refractivity contribution is 6.20. The van der Waals surface area contributed by atoms with Crippen molar-refractivity contribution in [3.63, 3.8) is 0 Å². The number of rotatable bonds is 7. The predicted octanol–water partition coefficient (Wildman–Crippen LogP) is 5.31. The molecule has 4 aromatic rings. The number of piperidine rings is 1. The zero-order valence-corrected chi connectivity index (χ0v) is 23.8. The van der Waals surface area contributed by atoms with Gasteiger partial charge >= 0.3 is 0 Å². The lowest BCUT2D eigenvalue weighted by Gasteiger charge is -2.43. The summed E-state index contributed by atoms with van der Waals surface area (Å²) in [4.78, 5) is 32.8. The molecule has 0 unspecified atom stereocenters. The number of benzene rings is 2. The number of carbonyl (C=O) groups excluding carboxylic acids is 2. The Bertz CT molecular complexity index is 1660. The fraction of sp³-hybridized carbons (Fsp3) is 0.394. The number of nitrogens with zero attached hydrogens (tertiary/aromatic N) is 5. The third-order valence-corrected chi connectivity index (χ3v) is 9.47. The first-order valence-electron chi connectivity index (χ1n) is 15.1. The summed E-state index contributed by atoms with van der Waals surface area (Å²) in [6.45, 7) is 5.61. The van der Waals surface area contributed by atoms with Gasteiger partial charge in [0.25, 0.3) is 11.8 Å². The van der Waals surface area contributed by atoms with Crippen molar-refractivity contribution < 1.29 is 14.3 Å². The van der Waals surface area contributed by atoms with Gasteiger partial charge in [0.2, 0.25) is 0 Å². The molecule has 1 aliphatic carbocycles. The average Bonchev–Trinajstić information content (AvgIpc) is 3.46. The molecule has 214 valence electrons. The number of nitrogens with one attached hydrogen (secondary N) is 1. The van der Waals surface area contributed by atoms with Crippen LogP contribution in [0.4, 0.5) is 5.82 Å². The SMILES string of the molecule is CC1(Oc2ccc3[nH]nc(-c4ccnc(N5CC(CC6CCN(N7C(=O)c8ccccc8C7=O)CC6)C5)c4)c3c2)CC1. The van der Waals surface area contributed by atoms with Crippen molar-refractivity contribution in [1.29, 1.82) is 0 Å². The van der Waals surface area contributed by atoms with Crippen molar-refractivity contribution in [3.05, 3.63) is 71.9 Å². The molecule has 0 bridgehead atoms. The molecule has 42 heavy (non-hydrogen) atoms. The first-order chi connectivity index (χ1) is 20.4. The van der Waals surface area contributed by atoms with Gasteiger partial charge in [-0.1, -0.05) is 12.1 Å². The van der Waals surface area contributed by atoms with E-state index in [9.17, 15) is 9.59 Å². The predicted molar refractivity (Wildman–Crippen MR) is 159 cm³/mol. The van der Waals surface area contributed by atoms with Gasteiger partial charge < -0.3 is 9.64 Å². The number of hydrogen-bond donors (Lipinski definition) is 1. The Hall–Kier alpha value is -4.24. The number of fused-ring (bicyclic) bond motifs is 2. The average molecular weight is 563 g/mol. The molecule has 0 spiro atoms. The number of carbonyl (C=O) groups is 2. The summed E-state index contributed by atoms with van der Waals surface area (Å²) in [6.07, 6.45) is 7.23. The molecule has 5 heterocycles. The van der Waals surface area contributed by atoms with E-state index in [4.69, 9.17) is 4.74 Å². The van der Waals surface area contributed by atoms with E-state index in [1.54, 1.807) is 12.1 Å². The molecule has 9 nitrogen and oxygen atoms in total. The van der Waals surface area contributed by atoms with E-state index in [1.807, 2.05) is 41.5 Å². The van der Waals surface area contributed by atoms with E-state index >= 15 is 0 Å². The zero-order chi connectivity index (χ0) is 28.4. The van der Waals surface area contributed by atoms with Crippen LogP contribution < -0.4 is 9.64 Å². The first-order valence-corrected chi connectivity index (χ1v) is 15.1. The van der Waals surface area contributed by atoms with Gasteiger partial charge in [0.05, 0.1) is 16.6 Å². The van der Waals surface area contributed by atoms with E-state index in [0.717, 1.165) is 92.0 Å². The summed E-state index contributed by atoms with van der Waals surface area (Å²) in [7, 11) is 0. The molecule has 3 fully saturated rings. The summed E-state index contributed by atoms with van der Waals surface area (Å²) in [6, 6.07) is 17.4. The van der Waals surface area contributed by atoms with E-state index in [1.165, 1.54) is 5.01 Å². The highest BCUT2D eigenvalue weighted by atomic mass is 16.5. The van der Waals surface area contributed by atoms with Crippen LogP contribution in [-0.4, -0.2) is 68.8 Å². The molecular formula is C33H34N6O3. The summed E-state index contributed by atoms with van der Waals surface area (Å²) in [5.41, 5.74) is 3.96. The van der Waals surface area contributed by atoms with Crippen LogP contribution in [0.15, 0.2) is 60.8 Å². The van der Waals surface area contributed by atoms with Crippen LogP contribution >= 0.6 is 0 Å². The van der Waals surface area contributed by atoms with Gasteiger partial charge in [-0.15, -0.1) is 0 Å². The van der Waals surface area contributed by atoms with Gasteiger partial charge in [-0.05, 0) is 93.3 Å². The first kappa shape index (κ1) is 25.5. The summed E-state index contributed by atoms with van der Waals surface area (Å²) in [5, 5.41) is 12.2. The molecule has 2 amide bonds. The van der Waals surface area contributed by atoms with Gasteiger partial charge in [-0.25, -0.2) is 15.0 Å². The molecule has 4 aliphatic rings. The van der Waals surface area contributed by atoms with E-state index in [-0.39, 0.29) is 17.4 Å². The molecule has 1 N–H and O–H groups in total. The van der Waals surface area contributed by atoms with Crippen LogP contribution in [0.3, 0.4) is 0 Å². The number of aromatic amines is 1. The van der Waals surface area contributed by atoms with Crippen LogP contribution in [0, 0.1) is 11.8 Å². The fourth-order valence-electron chi connectivity index (χ4n) is 6.74. The van der Waals surface area contributed by atoms with E-state index in [0.29, 0.717) is 23.0 Å². The number of hydrazine groups is 1. The second-order valence-corrected chi connectivity index (χ2v) is 12.6. The zero-order valence-electron chi connectivity index (χ0n) is 23.8. The van der Waals surface area contributed by atoms with E-state index in [2.05, 4.69) is 39.1 Å². The van der Waals surface area contributed by atoms with Crippen molar-refractivity contribution in [2.45, 2.75) is 44.6 Å². The Kier molecular flexibility index (Phi) is 5.86. The van der Waals surface area contributed by atoms with Crippen LogP contribution in [0.5, 0.6) is 5.75 Å². The maximum Gasteiger partial charge on any atom is 0.276 e. The molecular weight excluding hydrogens is 528 g/mol. The largest absolute Gasteiger partial charge is 0.488 e. The molecule has 3 aliphatic heterocycles. The molecule has 9 heteroatoms. The van der Waals surface area contributed by atoms with Gasteiger partial charge in [0.1, 0.15) is 22.9 Å². The number of amides is 2. The Morgan fingerprint density at radius 1 is 0.952 bits per heavy atom. The molecule has 8 rings (SSSR count). The van der Waals surface area contributed by atoms with Gasteiger partial charge in [-0.3, -0.25) is 14.7 Å². The lowest BCUT2D eigenvalue weighted by Crippen LogP contribution is -2.51. The fourth-order valence-corrected chi connectivity index (χ4v) is 6.74. The lowest BCUT2D eigenvalue weighted by atomic mass is 9.84. The van der Waals surface area contributed by atoms with Gasteiger partial charge in [0.15, 0.2) is 0 Å². The molecule has 0 atom stereocenters. The van der Waals surface area contributed by atoms with Gasteiger partial charge in [0, 0.05) is 43.3 Å². The Balaban J connectivity index is 0.876. The minimum Gasteiger partial charge on any atom is -0.488 e. The minimum atomic E-state index is -0.192. The summed E-state index contributed by atoms with van der Waals surface area (Å²) in [5.74, 6) is 2.72. The van der Waals surface area contributed by atoms with E-state index < -0.39 is 0 Å². The minimum absolute atomic E-state index is 0.0228. The Morgan fingerprint density at radius 2 is 1.69 bits per heavy atom. The number of ether oxygens (including phenoxy) is 1. The topological polar surface area (TPSA) is 94.7 Å².